The third-order valence-corrected chi connectivity index (χ3v) is 4.25. The third-order valence-electron chi connectivity index (χ3n) is 4.25. The first kappa shape index (κ1) is 22.6. The van der Waals surface area contributed by atoms with Crippen molar-refractivity contribution in [3.05, 3.63) is 85.0 Å². The molecule has 0 unspecified atom stereocenters. The number of carbonyl (C=O) groups is 2. The molecule has 1 aromatic heterocycles. The van der Waals surface area contributed by atoms with E-state index in [-0.39, 0.29) is 28.4 Å². The lowest BCUT2D eigenvalue weighted by atomic mass is 10.0. The van der Waals surface area contributed by atoms with Crippen LogP contribution in [0.4, 0.5) is 13.2 Å². The molecule has 0 radical (unpaired) electrons. The van der Waals surface area contributed by atoms with Crippen LogP contribution in [0.15, 0.2) is 83.8 Å². The zero-order chi connectivity index (χ0) is 23.5. The Morgan fingerprint density at radius 2 is 1.56 bits per heavy atom. The Hall–Kier alpha value is -4.07. The molecule has 0 N–H and O–H groups in total. The molecule has 164 valence electrons. The van der Waals surface area contributed by atoms with Crippen molar-refractivity contribution in [3.8, 4) is 34.1 Å². The summed E-state index contributed by atoms with van der Waals surface area (Å²) in [6.07, 6.45) is -3.69. The Kier molecular flexibility index (Phi) is 6.34. The SMILES string of the molecule is C=CC(=O)Oc1ccc(-c2ccc(-c3ccc(OC(=O)C(=C)C)cc3C(F)(F)F)o2)cc1. The minimum atomic E-state index is -4.72. The van der Waals surface area contributed by atoms with E-state index in [0.717, 1.165) is 12.1 Å². The van der Waals surface area contributed by atoms with Crippen LogP contribution in [0.2, 0.25) is 0 Å². The molecule has 0 amide bonds. The summed E-state index contributed by atoms with van der Waals surface area (Å²) in [5.41, 5.74) is -0.605. The van der Waals surface area contributed by atoms with Crippen LogP contribution in [0.25, 0.3) is 22.6 Å². The van der Waals surface area contributed by atoms with Crippen LogP contribution in [0.3, 0.4) is 0 Å². The molecule has 0 bridgehead atoms. The van der Waals surface area contributed by atoms with E-state index in [1.165, 1.54) is 43.3 Å². The first-order valence-corrected chi connectivity index (χ1v) is 9.22. The Morgan fingerprint density at radius 3 is 2.16 bits per heavy atom. The smallest absolute Gasteiger partial charge is 0.417 e. The van der Waals surface area contributed by atoms with Crippen molar-refractivity contribution >= 4 is 11.9 Å². The van der Waals surface area contributed by atoms with Gasteiger partial charge in [0.05, 0.1) is 5.56 Å². The highest BCUT2D eigenvalue weighted by molar-refractivity contribution is 5.89. The molecule has 1 heterocycles. The van der Waals surface area contributed by atoms with E-state index >= 15 is 0 Å². The number of carbonyl (C=O) groups excluding carboxylic acids is 2. The Bertz CT molecular complexity index is 1190. The second-order valence-electron chi connectivity index (χ2n) is 6.69. The fraction of sp³-hybridized carbons (Fsp3) is 0.0833. The first-order valence-electron chi connectivity index (χ1n) is 9.22. The van der Waals surface area contributed by atoms with Crippen molar-refractivity contribution in [3.63, 3.8) is 0 Å². The van der Waals surface area contributed by atoms with Gasteiger partial charge in [0.25, 0.3) is 0 Å². The molecule has 0 aliphatic rings. The largest absolute Gasteiger partial charge is 0.456 e. The standard InChI is InChI=1S/C24H17F3O5/c1-4-22(28)30-16-7-5-15(6-8-16)20-11-12-21(32-20)18-10-9-17(31-23(29)14(2)3)13-19(18)24(25,26)27/h4-13H,1-2H2,3H3. The lowest BCUT2D eigenvalue weighted by molar-refractivity contribution is -0.138. The molecule has 3 aromatic rings. The fourth-order valence-electron chi connectivity index (χ4n) is 2.71. The highest BCUT2D eigenvalue weighted by Gasteiger charge is 2.35. The maximum Gasteiger partial charge on any atom is 0.417 e. The number of rotatable bonds is 6. The van der Waals surface area contributed by atoms with Crippen LogP contribution < -0.4 is 9.47 Å². The van der Waals surface area contributed by atoms with Crippen molar-refractivity contribution in [1.29, 1.82) is 0 Å². The van der Waals surface area contributed by atoms with Crippen LogP contribution in [0.1, 0.15) is 12.5 Å². The van der Waals surface area contributed by atoms with E-state index in [1.807, 2.05) is 0 Å². The quantitative estimate of drug-likeness (QED) is 0.258. The topological polar surface area (TPSA) is 65.7 Å². The van der Waals surface area contributed by atoms with Gasteiger partial charge in [-0.3, -0.25) is 0 Å². The van der Waals surface area contributed by atoms with Gasteiger partial charge in [-0.25, -0.2) is 9.59 Å². The first-order chi connectivity index (χ1) is 15.1. The molecule has 0 saturated heterocycles. The summed E-state index contributed by atoms with van der Waals surface area (Å²) < 4.78 is 56.5. The third kappa shape index (κ3) is 5.15. The molecule has 8 heteroatoms. The average molecular weight is 442 g/mol. The van der Waals surface area contributed by atoms with E-state index in [2.05, 4.69) is 13.2 Å². The molecule has 0 aliphatic carbocycles. The Labute approximate surface area is 181 Å². The molecule has 0 saturated carbocycles. The molecule has 32 heavy (non-hydrogen) atoms. The van der Waals surface area contributed by atoms with Gasteiger partial charge in [-0.05, 0) is 61.5 Å². The van der Waals surface area contributed by atoms with Gasteiger partial charge in [0.1, 0.15) is 23.0 Å². The molecule has 0 fully saturated rings. The second kappa shape index (κ2) is 8.97. The van der Waals surface area contributed by atoms with Crippen molar-refractivity contribution in [1.82, 2.24) is 0 Å². The Morgan fingerprint density at radius 1 is 0.938 bits per heavy atom. The zero-order valence-electron chi connectivity index (χ0n) is 16.9. The highest BCUT2D eigenvalue weighted by atomic mass is 19.4. The normalized spacial score (nSPS) is 11.0. The number of ether oxygens (including phenoxy) is 2. The summed E-state index contributed by atoms with van der Waals surface area (Å²) in [4.78, 5) is 22.9. The van der Waals surface area contributed by atoms with Crippen molar-refractivity contribution in [2.24, 2.45) is 0 Å². The number of hydrogen-bond acceptors (Lipinski definition) is 5. The van der Waals surface area contributed by atoms with Crippen LogP contribution in [-0.4, -0.2) is 11.9 Å². The summed E-state index contributed by atoms with van der Waals surface area (Å²) in [5, 5.41) is 0. The van der Waals surface area contributed by atoms with Crippen LogP contribution in [-0.2, 0) is 15.8 Å². The predicted molar refractivity (Wildman–Crippen MR) is 111 cm³/mol. The van der Waals surface area contributed by atoms with Crippen LogP contribution in [0, 0.1) is 0 Å². The number of alkyl halides is 3. The summed E-state index contributed by atoms with van der Waals surface area (Å²) in [6.45, 7) is 8.10. The van der Waals surface area contributed by atoms with Gasteiger partial charge in [-0.2, -0.15) is 13.2 Å². The van der Waals surface area contributed by atoms with Gasteiger partial charge in [-0.15, -0.1) is 0 Å². The summed E-state index contributed by atoms with van der Waals surface area (Å²) in [7, 11) is 0. The molecule has 0 spiro atoms. The summed E-state index contributed by atoms with van der Waals surface area (Å²) >= 11 is 0. The molecule has 2 aromatic carbocycles. The van der Waals surface area contributed by atoms with Gasteiger partial charge in [0, 0.05) is 22.8 Å². The summed E-state index contributed by atoms with van der Waals surface area (Å²) in [6, 6.07) is 12.3. The molecule has 0 atom stereocenters. The zero-order valence-corrected chi connectivity index (χ0v) is 16.9. The number of benzene rings is 2. The summed E-state index contributed by atoms with van der Waals surface area (Å²) in [5.74, 6) is -1.13. The van der Waals surface area contributed by atoms with Crippen LogP contribution in [0.5, 0.6) is 11.5 Å². The second-order valence-corrected chi connectivity index (χ2v) is 6.69. The average Bonchev–Trinajstić information content (AvgIpc) is 3.23. The minimum Gasteiger partial charge on any atom is -0.456 e. The van der Waals surface area contributed by atoms with E-state index < -0.39 is 23.7 Å². The molecular weight excluding hydrogens is 425 g/mol. The van der Waals surface area contributed by atoms with Gasteiger partial charge in [0.2, 0.25) is 0 Å². The maximum absolute atomic E-state index is 13.7. The van der Waals surface area contributed by atoms with Crippen molar-refractivity contribution in [2.45, 2.75) is 13.1 Å². The number of esters is 2. The van der Waals surface area contributed by atoms with Gasteiger partial charge in [0.15, 0.2) is 0 Å². The lowest BCUT2D eigenvalue weighted by Crippen LogP contribution is -2.11. The van der Waals surface area contributed by atoms with Gasteiger partial charge < -0.3 is 13.9 Å². The molecular formula is C24H17F3O5. The van der Waals surface area contributed by atoms with E-state index in [1.54, 1.807) is 12.1 Å². The van der Waals surface area contributed by atoms with E-state index in [4.69, 9.17) is 13.9 Å². The van der Waals surface area contributed by atoms with Crippen molar-refractivity contribution < 1.29 is 36.7 Å². The minimum absolute atomic E-state index is 0.0211. The fourth-order valence-corrected chi connectivity index (χ4v) is 2.71. The van der Waals surface area contributed by atoms with Gasteiger partial charge >= 0.3 is 18.1 Å². The molecule has 0 aliphatic heterocycles. The Balaban J connectivity index is 1.92. The van der Waals surface area contributed by atoms with Crippen molar-refractivity contribution in [2.75, 3.05) is 0 Å². The maximum atomic E-state index is 13.7. The van der Waals surface area contributed by atoms with Gasteiger partial charge in [-0.1, -0.05) is 13.2 Å². The van der Waals surface area contributed by atoms with E-state index in [0.29, 0.717) is 11.3 Å². The predicted octanol–water partition coefficient (Wildman–Crippen LogP) is 6.21. The lowest BCUT2D eigenvalue weighted by Gasteiger charge is -2.13. The number of furan rings is 1. The monoisotopic (exact) mass is 442 g/mol. The van der Waals surface area contributed by atoms with Crippen LogP contribution >= 0.6 is 0 Å². The molecule has 5 nitrogen and oxygen atoms in total. The number of halogens is 3. The highest BCUT2D eigenvalue weighted by Crippen LogP contribution is 2.40. The number of hydrogen-bond donors (Lipinski definition) is 0. The van der Waals surface area contributed by atoms with E-state index in [9.17, 15) is 22.8 Å². The molecule has 3 rings (SSSR count).